The fourth-order valence-corrected chi connectivity index (χ4v) is 5.41. The fraction of sp³-hybridized carbons (Fsp3) is 0.571. The van der Waals surface area contributed by atoms with Gasteiger partial charge in [-0.25, -0.2) is 16.8 Å². The highest BCUT2D eigenvalue weighted by Gasteiger charge is 2.33. The van der Waals surface area contributed by atoms with Crippen LogP contribution in [0.3, 0.4) is 0 Å². The van der Waals surface area contributed by atoms with E-state index in [9.17, 15) is 16.8 Å². The SMILES string of the molecule is CCS(=O)(=O)c1cccc(S(=O)(=O)N2CCCCC2CN)c1.Cl. The Morgan fingerprint density at radius 1 is 1.17 bits per heavy atom. The molecule has 0 aromatic heterocycles. The number of benzene rings is 1. The predicted molar refractivity (Wildman–Crippen MR) is 92.0 cm³/mol. The van der Waals surface area contributed by atoms with Gasteiger partial charge in [0, 0.05) is 19.1 Å². The summed E-state index contributed by atoms with van der Waals surface area (Å²) in [5.74, 6) is -0.0638. The molecular weight excluding hydrogens is 360 g/mol. The first kappa shape index (κ1) is 20.4. The van der Waals surface area contributed by atoms with E-state index in [0.717, 1.165) is 19.3 Å². The van der Waals surface area contributed by atoms with Crippen molar-refractivity contribution in [2.75, 3.05) is 18.8 Å². The lowest BCUT2D eigenvalue weighted by Crippen LogP contribution is -2.47. The van der Waals surface area contributed by atoms with Gasteiger partial charge in [-0.1, -0.05) is 19.4 Å². The predicted octanol–water partition coefficient (Wildman–Crippen LogP) is 1.40. The maximum atomic E-state index is 12.8. The third kappa shape index (κ3) is 4.24. The van der Waals surface area contributed by atoms with E-state index in [1.807, 2.05) is 0 Å². The van der Waals surface area contributed by atoms with E-state index in [-0.39, 0.29) is 40.5 Å². The van der Waals surface area contributed by atoms with E-state index in [4.69, 9.17) is 5.73 Å². The average Bonchev–Trinajstić information content (AvgIpc) is 2.54. The number of rotatable bonds is 5. The normalized spacial score (nSPS) is 20.0. The van der Waals surface area contributed by atoms with Crippen LogP contribution in [0.15, 0.2) is 34.1 Å². The molecule has 132 valence electrons. The highest BCUT2D eigenvalue weighted by molar-refractivity contribution is 7.91. The Morgan fingerprint density at radius 3 is 2.43 bits per heavy atom. The van der Waals surface area contributed by atoms with Gasteiger partial charge in [0.05, 0.1) is 15.5 Å². The summed E-state index contributed by atoms with van der Waals surface area (Å²) in [5.41, 5.74) is 5.69. The zero-order chi connectivity index (χ0) is 16.4. The molecule has 1 aliphatic heterocycles. The van der Waals surface area contributed by atoms with Gasteiger partial charge in [0.25, 0.3) is 0 Å². The number of hydrogen-bond donors (Lipinski definition) is 1. The van der Waals surface area contributed by atoms with Crippen molar-refractivity contribution in [3.05, 3.63) is 24.3 Å². The number of piperidine rings is 1. The first-order chi connectivity index (χ1) is 10.3. The Kier molecular flexibility index (Phi) is 7.03. The zero-order valence-electron chi connectivity index (χ0n) is 13.0. The molecule has 0 spiro atoms. The average molecular weight is 383 g/mol. The van der Waals surface area contributed by atoms with Crippen LogP contribution in [0.4, 0.5) is 0 Å². The van der Waals surface area contributed by atoms with Crippen molar-refractivity contribution in [1.82, 2.24) is 4.31 Å². The minimum absolute atomic E-state index is 0. The second-order valence-corrected chi connectivity index (χ2v) is 9.55. The Bertz CT molecular complexity index is 735. The molecule has 6 nitrogen and oxygen atoms in total. The number of halogens is 1. The molecular formula is C14H23ClN2O4S2. The topological polar surface area (TPSA) is 97.5 Å². The smallest absolute Gasteiger partial charge is 0.243 e. The van der Waals surface area contributed by atoms with Crippen molar-refractivity contribution in [2.24, 2.45) is 5.73 Å². The molecule has 1 fully saturated rings. The molecule has 1 aromatic carbocycles. The molecule has 9 heteroatoms. The van der Waals surface area contributed by atoms with E-state index in [1.165, 1.54) is 35.5 Å². The molecule has 2 rings (SSSR count). The highest BCUT2D eigenvalue weighted by atomic mass is 35.5. The fourth-order valence-electron chi connectivity index (χ4n) is 2.66. The molecule has 1 heterocycles. The van der Waals surface area contributed by atoms with E-state index in [1.54, 1.807) is 0 Å². The summed E-state index contributed by atoms with van der Waals surface area (Å²) < 4.78 is 50.9. The summed E-state index contributed by atoms with van der Waals surface area (Å²) in [4.78, 5) is 0.0553. The van der Waals surface area contributed by atoms with Gasteiger partial charge in [-0.15, -0.1) is 12.4 Å². The second-order valence-electron chi connectivity index (χ2n) is 5.38. The molecule has 1 aliphatic rings. The van der Waals surface area contributed by atoms with E-state index in [0.29, 0.717) is 6.54 Å². The van der Waals surface area contributed by atoms with Crippen molar-refractivity contribution in [2.45, 2.75) is 42.0 Å². The first-order valence-corrected chi connectivity index (χ1v) is 10.5. The first-order valence-electron chi connectivity index (χ1n) is 7.37. The molecule has 0 bridgehead atoms. The maximum absolute atomic E-state index is 12.8. The van der Waals surface area contributed by atoms with Gasteiger partial charge in [-0.2, -0.15) is 4.31 Å². The number of sulfone groups is 1. The molecule has 2 N–H and O–H groups in total. The second kappa shape index (κ2) is 7.94. The van der Waals surface area contributed by atoms with Crippen LogP contribution >= 0.6 is 12.4 Å². The Hall–Kier alpha value is -0.670. The summed E-state index contributed by atoms with van der Waals surface area (Å²) in [5, 5.41) is 0. The lowest BCUT2D eigenvalue weighted by atomic mass is 10.1. The zero-order valence-corrected chi connectivity index (χ0v) is 15.5. The van der Waals surface area contributed by atoms with Crippen LogP contribution < -0.4 is 5.73 Å². The van der Waals surface area contributed by atoms with Crippen LogP contribution in [0.2, 0.25) is 0 Å². The largest absolute Gasteiger partial charge is 0.329 e. The third-order valence-electron chi connectivity index (χ3n) is 4.00. The van der Waals surface area contributed by atoms with E-state index >= 15 is 0 Å². The Morgan fingerprint density at radius 2 is 1.83 bits per heavy atom. The third-order valence-corrected chi connectivity index (χ3v) is 7.68. The van der Waals surface area contributed by atoms with Crippen LogP contribution in [0.1, 0.15) is 26.2 Å². The summed E-state index contributed by atoms with van der Waals surface area (Å²) in [6.45, 7) is 2.23. The van der Waals surface area contributed by atoms with E-state index < -0.39 is 19.9 Å². The number of hydrogen-bond acceptors (Lipinski definition) is 5. The van der Waals surface area contributed by atoms with Gasteiger partial charge >= 0.3 is 0 Å². The van der Waals surface area contributed by atoms with Gasteiger partial charge in [0.15, 0.2) is 9.84 Å². The van der Waals surface area contributed by atoms with Gasteiger partial charge in [-0.3, -0.25) is 0 Å². The maximum Gasteiger partial charge on any atom is 0.243 e. The van der Waals surface area contributed by atoms with Crippen LogP contribution in [-0.4, -0.2) is 46.0 Å². The Balaban J connectivity index is 0.00000264. The van der Waals surface area contributed by atoms with Crippen molar-refractivity contribution in [1.29, 1.82) is 0 Å². The summed E-state index contributed by atoms with van der Waals surface area (Å²) in [6.07, 6.45) is 2.49. The van der Waals surface area contributed by atoms with Crippen LogP contribution in [0.5, 0.6) is 0 Å². The monoisotopic (exact) mass is 382 g/mol. The molecule has 1 unspecified atom stereocenters. The molecule has 1 atom stereocenters. The molecule has 0 radical (unpaired) electrons. The van der Waals surface area contributed by atoms with Crippen molar-refractivity contribution in [3.8, 4) is 0 Å². The van der Waals surface area contributed by atoms with Crippen LogP contribution in [0.25, 0.3) is 0 Å². The molecule has 1 saturated heterocycles. The highest BCUT2D eigenvalue weighted by Crippen LogP contribution is 2.26. The van der Waals surface area contributed by atoms with Crippen LogP contribution in [0, 0.1) is 0 Å². The minimum atomic E-state index is -3.73. The van der Waals surface area contributed by atoms with Crippen LogP contribution in [-0.2, 0) is 19.9 Å². The number of nitrogens with two attached hydrogens (primary N) is 1. The quantitative estimate of drug-likeness (QED) is 0.830. The molecule has 1 aromatic rings. The Labute approximate surface area is 144 Å². The summed E-state index contributed by atoms with van der Waals surface area (Å²) in [6, 6.07) is 5.36. The molecule has 0 saturated carbocycles. The minimum Gasteiger partial charge on any atom is -0.329 e. The number of sulfonamides is 1. The van der Waals surface area contributed by atoms with Gasteiger partial charge < -0.3 is 5.73 Å². The van der Waals surface area contributed by atoms with E-state index in [2.05, 4.69) is 0 Å². The van der Waals surface area contributed by atoms with Crippen molar-refractivity contribution < 1.29 is 16.8 Å². The molecule has 0 aliphatic carbocycles. The summed E-state index contributed by atoms with van der Waals surface area (Å²) >= 11 is 0. The van der Waals surface area contributed by atoms with Gasteiger partial charge in [-0.05, 0) is 31.0 Å². The standard InChI is InChI=1S/C14H22N2O4S2.ClH/c1-2-21(17,18)13-7-5-8-14(10-13)22(19,20)16-9-4-3-6-12(16)11-15;/h5,7-8,10,12H,2-4,6,9,11,15H2,1H3;1H. The van der Waals surface area contributed by atoms with Crippen molar-refractivity contribution >= 4 is 32.3 Å². The lowest BCUT2D eigenvalue weighted by molar-refractivity contribution is 0.257. The lowest BCUT2D eigenvalue weighted by Gasteiger charge is -2.33. The number of nitrogens with zero attached hydrogens (tertiary/aromatic N) is 1. The van der Waals surface area contributed by atoms with Gasteiger partial charge in [0.1, 0.15) is 0 Å². The summed E-state index contributed by atoms with van der Waals surface area (Å²) in [7, 11) is -7.16. The van der Waals surface area contributed by atoms with Crippen molar-refractivity contribution in [3.63, 3.8) is 0 Å². The van der Waals surface area contributed by atoms with Gasteiger partial charge in [0.2, 0.25) is 10.0 Å². The molecule has 0 amide bonds. The molecule has 23 heavy (non-hydrogen) atoms.